The average Bonchev–Trinajstić information content (AvgIpc) is 3.02. The van der Waals surface area contributed by atoms with Gasteiger partial charge in [-0.2, -0.15) is 0 Å². The van der Waals surface area contributed by atoms with Crippen LogP contribution in [0.15, 0.2) is 106 Å². The first-order chi connectivity index (χ1) is 21.9. The maximum absolute atomic E-state index is 14.6. The number of carbonyl (C=O) groups excluding carboxylic acids is 2. The van der Waals surface area contributed by atoms with E-state index in [1.165, 1.54) is 24.1 Å². The van der Waals surface area contributed by atoms with Crippen molar-refractivity contribution in [1.82, 2.24) is 10.2 Å². The summed E-state index contributed by atoms with van der Waals surface area (Å²) in [7, 11) is -2.75. The molecule has 0 unspecified atom stereocenters. The Morgan fingerprint density at radius 2 is 1.52 bits per heavy atom. The van der Waals surface area contributed by atoms with E-state index in [-0.39, 0.29) is 29.8 Å². The van der Waals surface area contributed by atoms with E-state index in [2.05, 4.69) is 21.2 Å². The number of amides is 2. The SMILES string of the molecule is COc1ccc(S(=O)(=O)N(CC(=O)N(Cc2cccc(C)c2)[C@H](Cc2ccccc2)C(=O)NC(C)C)c2ccc(C)cc2)cc1Br. The molecule has 0 heterocycles. The molecule has 0 fully saturated rings. The van der Waals surface area contributed by atoms with Crippen molar-refractivity contribution in [3.05, 3.63) is 124 Å². The molecule has 0 aromatic heterocycles. The number of carbonyl (C=O) groups is 2. The highest BCUT2D eigenvalue weighted by Crippen LogP contribution is 2.31. The molecule has 46 heavy (non-hydrogen) atoms. The fourth-order valence-corrected chi connectivity index (χ4v) is 7.25. The van der Waals surface area contributed by atoms with E-state index in [0.717, 1.165) is 26.6 Å². The number of ether oxygens (including phenoxy) is 1. The van der Waals surface area contributed by atoms with Crippen molar-refractivity contribution < 1.29 is 22.7 Å². The van der Waals surface area contributed by atoms with E-state index in [9.17, 15) is 18.0 Å². The highest BCUT2D eigenvalue weighted by molar-refractivity contribution is 9.10. The molecule has 4 aromatic rings. The Labute approximate surface area is 280 Å². The number of rotatable bonds is 13. The van der Waals surface area contributed by atoms with Crippen LogP contribution < -0.4 is 14.4 Å². The average molecular weight is 707 g/mol. The number of nitrogens with one attached hydrogen (secondary N) is 1. The second-order valence-corrected chi connectivity index (χ2v) is 14.2. The number of methoxy groups -OCH3 is 1. The molecule has 1 atom stereocenters. The lowest BCUT2D eigenvalue weighted by Gasteiger charge is -2.34. The molecule has 1 N–H and O–H groups in total. The van der Waals surface area contributed by atoms with Crippen molar-refractivity contribution in [2.45, 2.75) is 57.6 Å². The predicted octanol–water partition coefficient (Wildman–Crippen LogP) is 6.43. The van der Waals surface area contributed by atoms with Gasteiger partial charge in [0.05, 0.1) is 22.2 Å². The topological polar surface area (TPSA) is 96.0 Å². The van der Waals surface area contributed by atoms with E-state index < -0.39 is 28.5 Å². The van der Waals surface area contributed by atoms with Gasteiger partial charge in [-0.05, 0) is 85.1 Å². The minimum absolute atomic E-state index is 0.0165. The Bertz CT molecular complexity index is 1760. The summed E-state index contributed by atoms with van der Waals surface area (Å²) >= 11 is 3.39. The summed E-state index contributed by atoms with van der Waals surface area (Å²) in [5.41, 5.74) is 3.97. The Morgan fingerprint density at radius 1 is 0.848 bits per heavy atom. The summed E-state index contributed by atoms with van der Waals surface area (Å²) in [5, 5.41) is 2.98. The van der Waals surface area contributed by atoms with Crippen molar-refractivity contribution in [3.63, 3.8) is 0 Å². The molecule has 4 aromatic carbocycles. The first-order valence-electron chi connectivity index (χ1n) is 15.0. The van der Waals surface area contributed by atoms with Crippen LogP contribution in [0.2, 0.25) is 0 Å². The van der Waals surface area contributed by atoms with E-state index in [1.54, 1.807) is 30.3 Å². The second-order valence-electron chi connectivity index (χ2n) is 11.5. The maximum atomic E-state index is 14.6. The van der Waals surface area contributed by atoms with Crippen LogP contribution in [-0.2, 0) is 32.6 Å². The largest absolute Gasteiger partial charge is 0.496 e. The molecular formula is C36H40BrN3O5S. The molecule has 0 radical (unpaired) electrons. The molecule has 4 rings (SSSR count). The molecular weight excluding hydrogens is 666 g/mol. The van der Waals surface area contributed by atoms with E-state index >= 15 is 0 Å². The first kappa shape index (κ1) is 34.7. The third-order valence-corrected chi connectivity index (χ3v) is 9.84. The molecule has 0 bridgehead atoms. The fourth-order valence-electron chi connectivity index (χ4n) is 5.12. The number of aryl methyl sites for hydroxylation is 2. The van der Waals surface area contributed by atoms with Crippen LogP contribution in [0.5, 0.6) is 5.75 Å². The van der Waals surface area contributed by atoms with Crippen molar-refractivity contribution in [2.24, 2.45) is 0 Å². The summed E-state index contributed by atoms with van der Waals surface area (Å²) in [6.45, 7) is 7.17. The molecule has 8 nitrogen and oxygen atoms in total. The van der Waals surface area contributed by atoms with Gasteiger partial charge in [0.25, 0.3) is 10.0 Å². The first-order valence-corrected chi connectivity index (χ1v) is 17.2. The van der Waals surface area contributed by atoms with Gasteiger partial charge >= 0.3 is 0 Å². The van der Waals surface area contributed by atoms with E-state index in [4.69, 9.17) is 4.74 Å². The minimum atomic E-state index is -4.25. The smallest absolute Gasteiger partial charge is 0.264 e. The maximum Gasteiger partial charge on any atom is 0.264 e. The lowest BCUT2D eigenvalue weighted by molar-refractivity contribution is -0.140. The van der Waals surface area contributed by atoms with Crippen molar-refractivity contribution in [3.8, 4) is 5.75 Å². The van der Waals surface area contributed by atoms with Crippen LogP contribution in [0.1, 0.15) is 36.1 Å². The fraction of sp³-hybridized carbons (Fsp3) is 0.278. The third kappa shape index (κ3) is 8.76. The van der Waals surface area contributed by atoms with Gasteiger partial charge in [-0.1, -0.05) is 77.9 Å². The van der Waals surface area contributed by atoms with E-state index in [0.29, 0.717) is 15.9 Å². The summed E-state index contributed by atoms with van der Waals surface area (Å²) in [6.07, 6.45) is 0.250. The lowest BCUT2D eigenvalue weighted by Crippen LogP contribution is -2.54. The van der Waals surface area contributed by atoms with Crippen LogP contribution in [-0.4, -0.2) is 50.9 Å². The number of anilines is 1. The summed E-state index contributed by atoms with van der Waals surface area (Å²) in [4.78, 5) is 29.9. The van der Waals surface area contributed by atoms with Crippen LogP contribution >= 0.6 is 15.9 Å². The van der Waals surface area contributed by atoms with Gasteiger partial charge in [-0.3, -0.25) is 13.9 Å². The Hall–Kier alpha value is -4.15. The molecule has 0 saturated heterocycles. The van der Waals surface area contributed by atoms with Gasteiger partial charge in [-0.25, -0.2) is 8.42 Å². The van der Waals surface area contributed by atoms with Gasteiger partial charge in [0.15, 0.2) is 0 Å². The van der Waals surface area contributed by atoms with Crippen molar-refractivity contribution in [2.75, 3.05) is 18.0 Å². The minimum Gasteiger partial charge on any atom is -0.496 e. The second kappa shape index (κ2) is 15.4. The summed E-state index contributed by atoms with van der Waals surface area (Å²) in [5.74, 6) is -0.358. The molecule has 10 heteroatoms. The normalized spacial score (nSPS) is 12.0. The zero-order valence-electron chi connectivity index (χ0n) is 26.7. The summed E-state index contributed by atoms with van der Waals surface area (Å²) in [6, 6.07) is 27.6. The molecule has 0 aliphatic heterocycles. The molecule has 0 spiro atoms. The molecule has 0 aliphatic carbocycles. The quantitative estimate of drug-likeness (QED) is 0.173. The number of sulfonamides is 1. The third-order valence-electron chi connectivity index (χ3n) is 7.45. The highest BCUT2D eigenvalue weighted by Gasteiger charge is 2.35. The van der Waals surface area contributed by atoms with Crippen LogP contribution in [0.3, 0.4) is 0 Å². The zero-order chi connectivity index (χ0) is 33.4. The molecule has 2 amide bonds. The number of halogens is 1. The number of benzene rings is 4. The van der Waals surface area contributed by atoms with Gasteiger partial charge in [0.1, 0.15) is 18.3 Å². The zero-order valence-corrected chi connectivity index (χ0v) is 29.1. The van der Waals surface area contributed by atoms with E-state index in [1.807, 2.05) is 82.3 Å². The van der Waals surface area contributed by atoms with Crippen molar-refractivity contribution >= 4 is 43.5 Å². The Morgan fingerprint density at radius 3 is 2.13 bits per heavy atom. The Balaban J connectivity index is 1.82. The highest BCUT2D eigenvalue weighted by atomic mass is 79.9. The van der Waals surface area contributed by atoms with Gasteiger partial charge in [-0.15, -0.1) is 0 Å². The van der Waals surface area contributed by atoms with Gasteiger partial charge < -0.3 is 15.0 Å². The van der Waals surface area contributed by atoms with Crippen LogP contribution in [0.4, 0.5) is 5.69 Å². The molecule has 242 valence electrons. The lowest BCUT2D eigenvalue weighted by atomic mass is 10.0. The van der Waals surface area contributed by atoms with Gasteiger partial charge in [0, 0.05) is 19.0 Å². The monoisotopic (exact) mass is 705 g/mol. The predicted molar refractivity (Wildman–Crippen MR) is 185 cm³/mol. The molecule has 0 saturated carbocycles. The number of hydrogen-bond donors (Lipinski definition) is 1. The Kier molecular flexibility index (Phi) is 11.6. The summed E-state index contributed by atoms with van der Waals surface area (Å²) < 4.78 is 35.4. The number of hydrogen-bond acceptors (Lipinski definition) is 5. The van der Waals surface area contributed by atoms with Crippen LogP contribution in [0.25, 0.3) is 0 Å². The molecule has 0 aliphatic rings. The van der Waals surface area contributed by atoms with Crippen LogP contribution in [0, 0.1) is 13.8 Å². The van der Waals surface area contributed by atoms with Gasteiger partial charge in [0.2, 0.25) is 11.8 Å². The standard InChI is InChI=1S/C36H40BrN3O5S/c1-25(2)38-36(42)33(21-28-11-7-6-8-12-28)39(23-29-13-9-10-27(4)20-29)35(41)24-40(30-16-14-26(3)15-17-30)46(43,44)31-18-19-34(45-5)32(37)22-31/h6-20,22,25,33H,21,23-24H2,1-5H3,(H,38,42)/t33-/m1/s1. The number of nitrogens with zero attached hydrogens (tertiary/aromatic N) is 2. The van der Waals surface area contributed by atoms with Crippen molar-refractivity contribution in [1.29, 1.82) is 0 Å².